The number of hydrogen-bond donors (Lipinski definition) is 1. The summed E-state index contributed by atoms with van der Waals surface area (Å²) in [6.07, 6.45) is -0.686. The number of methoxy groups -OCH3 is 1. The number of carboxylic acid groups (broad SMARTS) is 1. The van der Waals surface area contributed by atoms with Gasteiger partial charge in [0, 0.05) is 28.8 Å². The average Bonchev–Trinajstić information content (AvgIpc) is 2.43. The Labute approximate surface area is 139 Å². The van der Waals surface area contributed by atoms with Crippen LogP contribution in [0.5, 0.6) is 0 Å². The van der Waals surface area contributed by atoms with E-state index in [1.54, 1.807) is 7.11 Å². The molecule has 0 heterocycles. The highest BCUT2D eigenvalue weighted by atomic mass is 127. The Hall–Kier alpha value is -0.860. The molecule has 0 aliphatic carbocycles. The second kappa shape index (κ2) is 9.22. The van der Waals surface area contributed by atoms with Crippen LogP contribution in [0.15, 0.2) is 24.3 Å². The second-order valence-electron chi connectivity index (χ2n) is 4.88. The fraction of sp³-hybridized carbons (Fsp3) is 0.533. The number of carbonyl (C=O) groups is 1. The van der Waals surface area contributed by atoms with E-state index in [2.05, 4.69) is 22.6 Å². The van der Waals surface area contributed by atoms with Gasteiger partial charge in [0.15, 0.2) is 6.29 Å². The van der Waals surface area contributed by atoms with Gasteiger partial charge in [-0.25, -0.2) is 4.79 Å². The summed E-state index contributed by atoms with van der Waals surface area (Å²) in [5.41, 5.74) is 0.986. The summed E-state index contributed by atoms with van der Waals surface area (Å²) >= 11 is 2.24. The monoisotopic (exact) mass is 407 g/mol. The molecule has 0 aromatic heterocycles. The highest BCUT2D eigenvalue weighted by Crippen LogP contribution is 2.23. The van der Waals surface area contributed by atoms with Gasteiger partial charge >= 0.3 is 6.09 Å². The van der Waals surface area contributed by atoms with Gasteiger partial charge in [0.25, 0.3) is 0 Å². The normalized spacial score (nSPS) is 12.4. The summed E-state index contributed by atoms with van der Waals surface area (Å²) in [6, 6.07) is 7.84. The van der Waals surface area contributed by atoms with E-state index in [1.165, 1.54) is 4.90 Å². The minimum atomic E-state index is -0.897. The number of hydrogen-bond acceptors (Lipinski definition) is 3. The maximum Gasteiger partial charge on any atom is 0.407 e. The van der Waals surface area contributed by atoms with Crippen molar-refractivity contribution in [3.8, 4) is 0 Å². The zero-order valence-electron chi connectivity index (χ0n) is 12.6. The number of amides is 1. The van der Waals surface area contributed by atoms with Gasteiger partial charge in [0.05, 0.1) is 6.61 Å². The molecule has 1 amide bonds. The average molecular weight is 407 g/mol. The van der Waals surface area contributed by atoms with Gasteiger partial charge in [-0.05, 0) is 48.9 Å². The van der Waals surface area contributed by atoms with E-state index in [0.29, 0.717) is 19.6 Å². The standard InChI is InChI=1S/C15H22INO4/c1-11(2)17(15(18)19)9-6-10-21-14(20-3)12-7-4-5-8-13(12)16/h4-5,7-8,11,14H,6,9-10H2,1-3H3,(H,18,19)/t14-/m0/s1. The van der Waals surface area contributed by atoms with Crippen LogP contribution in [0.2, 0.25) is 0 Å². The van der Waals surface area contributed by atoms with Crippen molar-refractivity contribution in [2.45, 2.75) is 32.6 Å². The molecule has 0 spiro atoms. The van der Waals surface area contributed by atoms with Crippen LogP contribution >= 0.6 is 22.6 Å². The van der Waals surface area contributed by atoms with E-state index >= 15 is 0 Å². The van der Waals surface area contributed by atoms with Crippen LogP contribution in [0.4, 0.5) is 4.79 Å². The third-order valence-corrected chi connectivity index (χ3v) is 4.04. The largest absolute Gasteiger partial charge is 0.465 e. The molecule has 0 aliphatic rings. The topological polar surface area (TPSA) is 59.0 Å². The van der Waals surface area contributed by atoms with Crippen LogP contribution in [0, 0.1) is 3.57 Å². The Kier molecular flexibility index (Phi) is 7.98. The number of nitrogens with zero attached hydrogens (tertiary/aromatic N) is 1. The molecular formula is C15H22INO4. The lowest BCUT2D eigenvalue weighted by molar-refractivity contribution is -0.129. The van der Waals surface area contributed by atoms with Crippen molar-refractivity contribution in [1.82, 2.24) is 4.90 Å². The first kappa shape index (κ1) is 18.2. The zero-order chi connectivity index (χ0) is 15.8. The number of benzene rings is 1. The number of rotatable bonds is 8. The van der Waals surface area contributed by atoms with Crippen molar-refractivity contribution >= 4 is 28.7 Å². The predicted molar refractivity (Wildman–Crippen MR) is 89.3 cm³/mol. The molecule has 0 fully saturated rings. The molecule has 1 atom stereocenters. The van der Waals surface area contributed by atoms with E-state index in [1.807, 2.05) is 38.1 Å². The minimum Gasteiger partial charge on any atom is -0.465 e. The van der Waals surface area contributed by atoms with Crippen LogP contribution in [-0.2, 0) is 9.47 Å². The number of ether oxygens (including phenoxy) is 2. The summed E-state index contributed by atoms with van der Waals surface area (Å²) in [7, 11) is 1.60. The molecule has 118 valence electrons. The third-order valence-electron chi connectivity index (χ3n) is 3.05. The molecule has 5 nitrogen and oxygen atoms in total. The van der Waals surface area contributed by atoms with Gasteiger partial charge < -0.3 is 19.5 Å². The van der Waals surface area contributed by atoms with Crippen molar-refractivity contribution in [3.05, 3.63) is 33.4 Å². The van der Waals surface area contributed by atoms with Gasteiger partial charge in [0.2, 0.25) is 0 Å². The van der Waals surface area contributed by atoms with E-state index < -0.39 is 12.4 Å². The molecule has 0 aliphatic heterocycles. The third kappa shape index (κ3) is 5.80. The van der Waals surface area contributed by atoms with Crippen LogP contribution in [0.3, 0.4) is 0 Å². The van der Waals surface area contributed by atoms with E-state index in [0.717, 1.165) is 9.13 Å². The number of halogens is 1. The molecule has 1 N–H and O–H groups in total. The predicted octanol–water partition coefficient (Wildman–Crippen LogP) is 3.73. The van der Waals surface area contributed by atoms with Gasteiger partial charge in [-0.15, -0.1) is 0 Å². The van der Waals surface area contributed by atoms with Crippen LogP contribution in [-0.4, -0.2) is 42.4 Å². The molecule has 0 radical (unpaired) electrons. The Morgan fingerprint density at radius 1 is 1.38 bits per heavy atom. The highest BCUT2D eigenvalue weighted by Gasteiger charge is 2.16. The van der Waals surface area contributed by atoms with E-state index in [9.17, 15) is 4.79 Å². The maximum absolute atomic E-state index is 11.1. The Morgan fingerprint density at radius 3 is 2.57 bits per heavy atom. The van der Waals surface area contributed by atoms with Crippen LogP contribution in [0.1, 0.15) is 32.1 Å². The summed E-state index contributed by atoms with van der Waals surface area (Å²) < 4.78 is 12.2. The van der Waals surface area contributed by atoms with Crippen molar-refractivity contribution in [1.29, 1.82) is 0 Å². The van der Waals surface area contributed by atoms with Gasteiger partial charge in [-0.1, -0.05) is 18.2 Å². The molecule has 1 rings (SSSR count). The Morgan fingerprint density at radius 2 is 2.05 bits per heavy atom. The zero-order valence-corrected chi connectivity index (χ0v) is 14.7. The molecule has 0 bridgehead atoms. The minimum absolute atomic E-state index is 0.0317. The summed E-state index contributed by atoms with van der Waals surface area (Å²) in [4.78, 5) is 12.5. The molecule has 1 aromatic carbocycles. The molecule has 0 saturated carbocycles. The lowest BCUT2D eigenvalue weighted by atomic mass is 10.2. The fourth-order valence-corrected chi connectivity index (χ4v) is 2.59. The van der Waals surface area contributed by atoms with E-state index in [4.69, 9.17) is 14.6 Å². The van der Waals surface area contributed by atoms with E-state index in [-0.39, 0.29) is 6.04 Å². The van der Waals surface area contributed by atoms with Crippen molar-refractivity contribution in [2.24, 2.45) is 0 Å². The Bertz CT molecular complexity index is 453. The smallest absolute Gasteiger partial charge is 0.407 e. The van der Waals surface area contributed by atoms with Crippen LogP contribution < -0.4 is 0 Å². The molecule has 0 unspecified atom stereocenters. The van der Waals surface area contributed by atoms with Crippen molar-refractivity contribution in [3.63, 3.8) is 0 Å². The fourth-order valence-electron chi connectivity index (χ4n) is 1.95. The van der Waals surface area contributed by atoms with Crippen molar-refractivity contribution in [2.75, 3.05) is 20.3 Å². The molecular weight excluding hydrogens is 385 g/mol. The van der Waals surface area contributed by atoms with Gasteiger partial charge in [0.1, 0.15) is 0 Å². The van der Waals surface area contributed by atoms with Gasteiger partial charge in [-0.2, -0.15) is 0 Å². The molecule has 0 saturated heterocycles. The lowest BCUT2D eigenvalue weighted by Crippen LogP contribution is -2.37. The first-order chi connectivity index (χ1) is 9.97. The summed E-state index contributed by atoms with van der Waals surface area (Å²) in [5.74, 6) is 0. The van der Waals surface area contributed by atoms with Gasteiger partial charge in [-0.3, -0.25) is 0 Å². The molecule has 1 aromatic rings. The maximum atomic E-state index is 11.1. The second-order valence-corrected chi connectivity index (χ2v) is 6.05. The summed E-state index contributed by atoms with van der Waals surface area (Å²) in [6.45, 7) is 4.62. The molecule has 6 heteroatoms. The lowest BCUT2D eigenvalue weighted by Gasteiger charge is -2.24. The Balaban J connectivity index is 2.47. The first-order valence-corrected chi connectivity index (χ1v) is 7.93. The SMILES string of the molecule is CO[C@@H](OCCCN(C(=O)O)C(C)C)c1ccccc1I. The quantitative estimate of drug-likeness (QED) is 0.405. The summed E-state index contributed by atoms with van der Waals surface area (Å²) in [5, 5.41) is 9.07. The van der Waals surface area contributed by atoms with Crippen molar-refractivity contribution < 1.29 is 19.4 Å². The highest BCUT2D eigenvalue weighted by molar-refractivity contribution is 14.1. The first-order valence-electron chi connectivity index (χ1n) is 6.85. The molecule has 21 heavy (non-hydrogen) atoms. The van der Waals surface area contributed by atoms with Crippen LogP contribution in [0.25, 0.3) is 0 Å².